The second kappa shape index (κ2) is 9.06. The highest BCUT2D eigenvalue weighted by Gasteiger charge is 2.00. The quantitative estimate of drug-likeness (QED) is 0.664. The summed E-state index contributed by atoms with van der Waals surface area (Å²) in [5, 5.41) is 0. The highest BCUT2D eigenvalue weighted by atomic mass is 16.5. The molecular weight excluding hydrogens is 210 g/mol. The van der Waals surface area contributed by atoms with Crippen molar-refractivity contribution in [3.63, 3.8) is 0 Å². The predicted molar refractivity (Wildman–Crippen MR) is 73.5 cm³/mol. The molecule has 2 N–H and O–H groups in total. The molecule has 1 rings (SSSR count). The zero-order chi connectivity index (χ0) is 12.3. The maximum atomic E-state index is 5.46. The van der Waals surface area contributed by atoms with E-state index in [1.165, 1.54) is 44.1 Å². The van der Waals surface area contributed by atoms with E-state index in [9.17, 15) is 0 Å². The molecule has 0 heterocycles. The second-order valence-electron chi connectivity index (χ2n) is 4.47. The highest BCUT2D eigenvalue weighted by Crippen LogP contribution is 2.20. The number of hydrogen-bond donors (Lipinski definition) is 1. The minimum Gasteiger partial charge on any atom is -0.496 e. The number of para-hydroxylation sites is 1. The molecule has 1 aromatic carbocycles. The lowest BCUT2D eigenvalue weighted by atomic mass is 10.0. The van der Waals surface area contributed by atoms with E-state index in [-0.39, 0.29) is 0 Å². The molecule has 17 heavy (non-hydrogen) atoms. The van der Waals surface area contributed by atoms with Gasteiger partial charge in [0.1, 0.15) is 5.75 Å². The van der Waals surface area contributed by atoms with Crippen LogP contribution in [-0.4, -0.2) is 13.7 Å². The summed E-state index contributed by atoms with van der Waals surface area (Å²) < 4.78 is 5.34. The predicted octanol–water partition coefficient (Wildman–Crippen LogP) is 3.54. The third-order valence-corrected chi connectivity index (χ3v) is 3.09. The van der Waals surface area contributed by atoms with E-state index < -0.39 is 0 Å². The zero-order valence-corrected chi connectivity index (χ0v) is 11.0. The number of methoxy groups -OCH3 is 1. The first-order chi connectivity index (χ1) is 8.38. The first kappa shape index (κ1) is 14.0. The van der Waals surface area contributed by atoms with Gasteiger partial charge in [-0.3, -0.25) is 0 Å². The Labute approximate surface area is 105 Å². The van der Waals surface area contributed by atoms with Gasteiger partial charge in [0, 0.05) is 0 Å². The fourth-order valence-corrected chi connectivity index (χ4v) is 2.08. The van der Waals surface area contributed by atoms with Gasteiger partial charge in [-0.15, -0.1) is 0 Å². The summed E-state index contributed by atoms with van der Waals surface area (Å²) in [7, 11) is 1.74. The molecule has 0 unspecified atom stereocenters. The summed E-state index contributed by atoms with van der Waals surface area (Å²) in [5.74, 6) is 1.02. The average molecular weight is 235 g/mol. The van der Waals surface area contributed by atoms with Crippen LogP contribution in [0.15, 0.2) is 24.3 Å². The van der Waals surface area contributed by atoms with Crippen LogP contribution in [-0.2, 0) is 6.42 Å². The molecule has 1 aromatic rings. The van der Waals surface area contributed by atoms with Crippen molar-refractivity contribution < 1.29 is 4.74 Å². The van der Waals surface area contributed by atoms with Gasteiger partial charge in [-0.2, -0.15) is 0 Å². The molecule has 0 bridgehead atoms. The van der Waals surface area contributed by atoms with Gasteiger partial charge in [0.2, 0.25) is 0 Å². The summed E-state index contributed by atoms with van der Waals surface area (Å²) >= 11 is 0. The van der Waals surface area contributed by atoms with Crippen LogP contribution < -0.4 is 10.5 Å². The average Bonchev–Trinajstić information content (AvgIpc) is 2.38. The summed E-state index contributed by atoms with van der Waals surface area (Å²) in [6.07, 6.45) is 8.79. The Morgan fingerprint density at radius 3 is 2.29 bits per heavy atom. The monoisotopic (exact) mass is 235 g/mol. The van der Waals surface area contributed by atoms with Gasteiger partial charge in [-0.25, -0.2) is 0 Å². The SMILES string of the molecule is COc1ccccc1CCCCCCCCN. The summed E-state index contributed by atoms with van der Waals surface area (Å²) in [6, 6.07) is 8.30. The Morgan fingerprint density at radius 1 is 0.941 bits per heavy atom. The molecule has 0 saturated carbocycles. The minimum atomic E-state index is 0.835. The van der Waals surface area contributed by atoms with Gasteiger partial charge in [0.05, 0.1) is 7.11 Å². The van der Waals surface area contributed by atoms with Gasteiger partial charge in [0.25, 0.3) is 0 Å². The van der Waals surface area contributed by atoms with E-state index in [4.69, 9.17) is 10.5 Å². The maximum absolute atomic E-state index is 5.46. The fourth-order valence-electron chi connectivity index (χ4n) is 2.08. The number of nitrogens with two attached hydrogens (primary N) is 1. The van der Waals surface area contributed by atoms with Crippen molar-refractivity contribution in [2.24, 2.45) is 5.73 Å². The van der Waals surface area contributed by atoms with Crippen LogP contribution >= 0.6 is 0 Å². The molecule has 0 atom stereocenters. The molecule has 96 valence electrons. The van der Waals surface area contributed by atoms with Crippen molar-refractivity contribution in [3.8, 4) is 5.75 Å². The third kappa shape index (κ3) is 5.73. The smallest absolute Gasteiger partial charge is 0.122 e. The molecule has 0 aliphatic carbocycles. The number of benzene rings is 1. The normalized spacial score (nSPS) is 10.5. The van der Waals surface area contributed by atoms with E-state index in [1.807, 2.05) is 12.1 Å². The van der Waals surface area contributed by atoms with Crippen LogP contribution in [0.2, 0.25) is 0 Å². The maximum Gasteiger partial charge on any atom is 0.122 e. The van der Waals surface area contributed by atoms with Crippen molar-refractivity contribution in [3.05, 3.63) is 29.8 Å². The first-order valence-electron chi connectivity index (χ1n) is 6.70. The summed E-state index contributed by atoms with van der Waals surface area (Å²) in [4.78, 5) is 0. The minimum absolute atomic E-state index is 0.835. The largest absolute Gasteiger partial charge is 0.496 e. The van der Waals surface area contributed by atoms with Crippen molar-refractivity contribution in [2.75, 3.05) is 13.7 Å². The van der Waals surface area contributed by atoms with Crippen LogP contribution in [0.3, 0.4) is 0 Å². The molecule has 2 heteroatoms. The number of aryl methyl sites for hydroxylation is 1. The topological polar surface area (TPSA) is 35.2 Å². The van der Waals surface area contributed by atoms with E-state index in [0.29, 0.717) is 0 Å². The Balaban J connectivity index is 2.13. The molecule has 0 aliphatic rings. The summed E-state index contributed by atoms with van der Waals surface area (Å²) in [5.41, 5.74) is 6.79. The highest BCUT2D eigenvalue weighted by molar-refractivity contribution is 5.33. The van der Waals surface area contributed by atoms with E-state index in [1.54, 1.807) is 7.11 Å². The number of ether oxygens (including phenoxy) is 1. The lowest BCUT2D eigenvalue weighted by molar-refractivity contribution is 0.408. The molecule has 0 radical (unpaired) electrons. The second-order valence-corrected chi connectivity index (χ2v) is 4.47. The van der Waals surface area contributed by atoms with Crippen molar-refractivity contribution >= 4 is 0 Å². The fraction of sp³-hybridized carbons (Fsp3) is 0.600. The number of rotatable bonds is 9. The van der Waals surface area contributed by atoms with Gasteiger partial charge in [-0.05, 0) is 37.4 Å². The first-order valence-corrected chi connectivity index (χ1v) is 6.70. The van der Waals surface area contributed by atoms with E-state index >= 15 is 0 Å². The number of unbranched alkanes of at least 4 members (excludes halogenated alkanes) is 5. The molecule has 0 spiro atoms. The standard InChI is InChI=1S/C15H25NO/c1-17-15-12-8-7-11-14(15)10-6-4-2-3-5-9-13-16/h7-8,11-12H,2-6,9-10,13,16H2,1H3. The number of hydrogen-bond acceptors (Lipinski definition) is 2. The molecule has 0 aliphatic heterocycles. The molecule has 0 amide bonds. The Morgan fingerprint density at radius 2 is 1.59 bits per heavy atom. The Bertz CT molecular complexity index is 299. The molecule has 0 saturated heterocycles. The van der Waals surface area contributed by atoms with Gasteiger partial charge in [-0.1, -0.05) is 43.9 Å². The van der Waals surface area contributed by atoms with Crippen LogP contribution in [0, 0.1) is 0 Å². The van der Waals surface area contributed by atoms with Crippen LogP contribution in [0.1, 0.15) is 44.1 Å². The zero-order valence-electron chi connectivity index (χ0n) is 11.0. The Kier molecular flexibility index (Phi) is 7.48. The Hall–Kier alpha value is -1.02. The van der Waals surface area contributed by atoms with Gasteiger partial charge >= 0.3 is 0 Å². The van der Waals surface area contributed by atoms with Crippen LogP contribution in [0.4, 0.5) is 0 Å². The van der Waals surface area contributed by atoms with Crippen molar-refractivity contribution in [2.45, 2.75) is 44.9 Å². The molecule has 2 nitrogen and oxygen atoms in total. The van der Waals surface area contributed by atoms with Crippen molar-refractivity contribution in [1.29, 1.82) is 0 Å². The summed E-state index contributed by atoms with van der Waals surface area (Å²) in [6.45, 7) is 0.835. The molecule has 0 fully saturated rings. The van der Waals surface area contributed by atoms with Crippen LogP contribution in [0.25, 0.3) is 0 Å². The van der Waals surface area contributed by atoms with Crippen LogP contribution in [0.5, 0.6) is 5.75 Å². The third-order valence-electron chi connectivity index (χ3n) is 3.09. The van der Waals surface area contributed by atoms with Gasteiger partial charge in [0.15, 0.2) is 0 Å². The lowest BCUT2D eigenvalue weighted by Crippen LogP contribution is -1.97. The lowest BCUT2D eigenvalue weighted by Gasteiger charge is -2.07. The molecule has 0 aromatic heterocycles. The van der Waals surface area contributed by atoms with Gasteiger partial charge < -0.3 is 10.5 Å². The van der Waals surface area contributed by atoms with Crippen molar-refractivity contribution in [1.82, 2.24) is 0 Å². The van der Waals surface area contributed by atoms with E-state index in [2.05, 4.69) is 12.1 Å². The molecular formula is C15H25NO. The van der Waals surface area contributed by atoms with E-state index in [0.717, 1.165) is 18.7 Å².